The molecular weight excluding hydrogens is 299 g/mol. The Hall–Kier alpha value is -2.12. The molecule has 22 heavy (non-hydrogen) atoms. The van der Waals surface area contributed by atoms with Crippen molar-refractivity contribution in [1.82, 2.24) is 0 Å². The first kappa shape index (κ1) is 16.3. The summed E-state index contributed by atoms with van der Waals surface area (Å²) in [4.78, 5) is 5.88. The Bertz CT molecular complexity index is 561. The van der Waals surface area contributed by atoms with Gasteiger partial charge in [-0.3, -0.25) is 0 Å². The van der Waals surface area contributed by atoms with Crippen LogP contribution in [0.1, 0.15) is 12.5 Å². The number of likely N-dealkylation sites (N-methyl/N-ethyl adjacent to an activating group) is 1. The second-order valence-corrected chi connectivity index (χ2v) is 4.89. The van der Waals surface area contributed by atoms with Crippen LogP contribution in [0.25, 0.3) is 0 Å². The van der Waals surface area contributed by atoms with Crippen molar-refractivity contribution in [2.45, 2.75) is 19.1 Å². The van der Waals surface area contributed by atoms with E-state index >= 15 is 0 Å². The summed E-state index contributed by atoms with van der Waals surface area (Å²) >= 11 is 0. The van der Waals surface area contributed by atoms with Crippen molar-refractivity contribution in [3.63, 3.8) is 0 Å². The number of aliphatic imine (C=N–C) groups is 1. The highest BCUT2D eigenvalue weighted by Gasteiger charge is 2.32. The van der Waals surface area contributed by atoms with Crippen LogP contribution in [0, 0.1) is 0 Å². The quantitative estimate of drug-likeness (QED) is 0.905. The maximum Gasteiger partial charge on any atom is 0.416 e. The molecule has 1 aliphatic rings. The molecule has 1 aromatic rings. The third-order valence-corrected chi connectivity index (χ3v) is 3.37. The molecule has 122 valence electrons. The number of nitrogens with zero attached hydrogens (tertiary/aromatic N) is 2. The lowest BCUT2D eigenvalue weighted by Crippen LogP contribution is -2.32. The minimum Gasteiger partial charge on any atom is -0.497 e. The van der Waals surface area contributed by atoms with E-state index in [-0.39, 0.29) is 17.8 Å². The first-order chi connectivity index (χ1) is 10.3. The standard InChI is InChI=1S/C14H18F3N3O2/c1-3-20(7-10-8-22-13(18)19-10)11-4-9(14(15,16)17)5-12(6-11)21-2/h4-6,10H,3,7-8H2,1-2H3,(H2,18,19)/t10-/m0/s1. The second-order valence-electron chi connectivity index (χ2n) is 4.89. The van der Waals surface area contributed by atoms with Crippen LogP contribution in [0.2, 0.25) is 0 Å². The number of alkyl halides is 3. The highest BCUT2D eigenvalue weighted by molar-refractivity contribution is 5.73. The SMILES string of the molecule is CCN(C[C@H]1COC(N)=N1)c1cc(OC)cc(C(F)(F)F)c1. The van der Waals surface area contributed by atoms with Crippen LogP contribution in [0.4, 0.5) is 18.9 Å². The van der Waals surface area contributed by atoms with Crippen LogP contribution in [-0.4, -0.2) is 38.9 Å². The minimum absolute atomic E-state index is 0.114. The number of hydrogen-bond donors (Lipinski definition) is 1. The summed E-state index contributed by atoms with van der Waals surface area (Å²) in [6, 6.07) is 3.58. The van der Waals surface area contributed by atoms with E-state index in [0.29, 0.717) is 25.4 Å². The third-order valence-electron chi connectivity index (χ3n) is 3.37. The number of halogens is 3. The molecule has 2 rings (SSSR count). The highest BCUT2D eigenvalue weighted by atomic mass is 19.4. The zero-order valence-electron chi connectivity index (χ0n) is 12.4. The zero-order valence-corrected chi connectivity index (χ0v) is 12.4. The first-order valence-corrected chi connectivity index (χ1v) is 6.80. The normalized spacial score (nSPS) is 17.9. The number of hydrogen-bond acceptors (Lipinski definition) is 5. The molecule has 2 N–H and O–H groups in total. The first-order valence-electron chi connectivity index (χ1n) is 6.80. The molecular formula is C14H18F3N3O2. The van der Waals surface area contributed by atoms with Gasteiger partial charge in [-0.05, 0) is 19.1 Å². The molecule has 1 aliphatic heterocycles. The van der Waals surface area contributed by atoms with E-state index in [1.807, 2.05) is 6.92 Å². The van der Waals surface area contributed by atoms with Gasteiger partial charge in [-0.2, -0.15) is 13.2 Å². The van der Waals surface area contributed by atoms with Gasteiger partial charge in [-0.25, -0.2) is 4.99 Å². The van der Waals surface area contributed by atoms with Gasteiger partial charge < -0.3 is 20.1 Å². The van der Waals surface area contributed by atoms with Gasteiger partial charge in [0, 0.05) is 24.8 Å². The minimum atomic E-state index is -4.43. The zero-order chi connectivity index (χ0) is 16.3. The number of methoxy groups -OCH3 is 1. The van der Waals surface area contributed by atoms with Crippen molar-refractivity contribution < 1.29 is 22.6 Å². The number of benzene rings is 1. The van der Waals surface area contributed by atoms with Gasteiger partial charge in [-0.1, -0.05) is 0 Å². The molecule has 0 amide bonds. The van der Waals surface area contributed by atoms with Crippen LogP contribution in [0.5, 0.6) is 5.75 Å². The van der Waals surface area contributed by atoms with E-state index in [1.165, 1.54) is 7.11 Å². The molecule has 1 aromatic carbocycles. The number of nitrogens with two attached hydrogens (primary N) is 1. The number of rotatable bonds is 5. The summed E-state index contributed by atoms with van der Waals surface area (Å²) < 4.78 is 49.0. The van der Waals surface area contributed by atoms with E-state index in [0.717, 1.165) is 12.1 Å². The van der Waals surface area contributed by atoms with Crippen LogP contribution in [0.3, 0.4) is 0 Å². The number of amidine groups is 1. The molecule has 0 saturated carbocycles. The molecule has 0 unspecified atom stereocenters. The fourth-order valence-corrected chi connectivity index (χ4v) is 2.25. The lowest BCUT2D eigenvalue weighted by atomic mass is 10.1. The number of ether oxygens (including phenoxy) is 2. The summed E-state index contributed by atoms with van der Waals surface area (Å²) in [5.74, 6) is 0.161. The Kier molecular flexibility index (Phi) is 4.68. The molecule has 0 spiro atoms. The van der Waals surface area contributed by atoms with Gasteiger partial charge in [0.2, 0.25) is 0 Å². The maximum atomic E-state index is 13.0. The molecule has 0 fully saturated rings. The fourth-order valence-electron chi connectivity index (χ4n) is 2.25. The van der Waals surface area contributed by atoms with E-state index < -0.39 is 11.7 Å². The van der Waals surface area contributed by atoms with Crippen LogP contribution in [-0.2, 0) is 10.9 Å². The average Bonchev–Trinajstić information content (AvgIpc) is 2.88. The van der Waals surface area contributed by atoms with Crippen molar-refractivity contribution in [3.05, 3.63) is 23.8 Å². The smallest absolute Gasteiger partial charge is 0.416 e. The van der Waals surface area contributed by atoms with Gasteiger partial charge in [0.1, 0.15) is 18.4 Å². The molecule has 0 aliphatic carbocycles. The highest BCUT2D eigenvalue weighted by Crippen LogP contribution is 2.35. The molecule has 8 heteroatoms. The molecule has 0 saturated heterocycles. The summed E-state index contributed by atoms with van der Waals surface area (Å²) in [6.45, 7) is 3.13. The van der Waals surface area contributed by atoms with Crippen LogP contribution < -0.4 is 15.4 Å². The van der Waals surface area contributed by atoms with E-state index in [1.54, 1.807) is 11.0 Å². The summed E-state index contributed by atoms with van der Waals surface area (Å²) in [7, 11) is 1.34. The van der Waals surface area contributed by atoms with Crippen molar-refractivity contribution in [1.29, 1.82) is 0 Å². The number of anilines is 1. The molecule has 0 radical (unpaired) electrons. The third kappa shape index (κ3) is 3.75. The van der Waals surface area contributed by atoms with Crippen molar-refractivity contribution in [2.24, 2.45) is 10.7 Å². The fraction of sp³-hybridized carbons (Fsp3) is 0.500. The Morgan fingerprint density at radius 2 is 2.14 bits per heavy atom. The summed E-state index contributed by atoms with van der Waals surface area (Å²) in [5, 5.41) is 0. The lowest BCUT2D eigenvalue weighted by molar-refractivity contribution is -0.137. The lowest BCUT2D eigenvalue weighted by Gasteiger charge is -2.26. The van der Waals surface area contributed by atoms with Crippen molar-refractivity contribution >= 4 is 11.7 Å². The van der Waals surface area contributed by atoms with Gasteiger partial charge in [-0.15, -0.1) is 0 Å². The molecule has 0 bridgehead atoms. The van der Waals surface area contributed by atoms with Gasteiger partial charge in [0.05, 0.1) is 12.7 Å². The predicted octanol–water partition coefficient (Wildman–Crippen LogP) is 2.25. The largest absolute Gasteiger partial charge is 0.497 e. The summed E-state index contributed by atoms with van der Waals surface area (Å²) in [6.07, 6.45) is -4.43. The molecule has 1 heterocycles. The molecule has 5 nitrogen and oxygen atoms in total. The van der Waals surface area contributed by atoms with Crippen LogP contribution in [0.15, 0.2) is 23.2 Å². The Balaban J connectivity index is 2.27. The van der Waals surface area contributed by atoms with Crippen LogP contribution >= 0.6 is 0 Å². The van der Waals surface area contributed by atoms with E-state index in [4.69, 9.17) is 15.2 Å². The Labute approximate surface area is 126 Å². The van der Waals surface area contributed by atoms with Gasteiger partial charge in [0.25, 0.3) is 6.02 Å². The summed E-state index contributed by atoms with van der Waals surface area (Å²) in [5.41, 5.74) is 5.13. The monoisotopic (exact) mass is 317 g/mol. The van der Waals surface area contributed by atoms with Crippen molar-refractivity contribution in [3.8, 4) is 5.75 Å². The Morgan fingerprint density at radius 3 is 2.64 bits per heavy atom. The van der Waals surface area contributed by atoms with E-state index in [2.05, 4.69) is 4.99 Å². The van der Waals surface area contributed by atoms with Gasteiger partial charge in [0.15, 0.2) is 0 Å². The maximum absolute atomic E-state index is 13.0. The topological polar surface area (TPSA) is 60.1 Å². The molecule has 1 atom stereocenters. The predicted molar refractivity (Wildman–Crippen MR) is 77.2 cm³/mol. The van der Waals surface area contributed by atoms with Crippen molar-refractivity contribution in [2.75, 3.05) is 31.7 Å². The second kappa shape index (κ2) is 6.33. The molecule has 0 aromatic heterocycles. The van der Waals surface area contributed by atoms with E-state index in [9.17, 15) is 13.2 Å². The average molecular weight is 317 g/mol. The van der Waals surface area contributed by atoms with Gasteiger partial charge >= 0.3 is 6.18 Å². The Morgan fingerprint density at radius 1 is 1.41 bits per heavy atom.